The summed E-state index contributed by atoms with van der Waals surface area (Å²) in [6, 6.07) is 1.17. The molecule has 17 heavy (non-hydrogen) atoms. The maximum atomic E-state index is 12.1. The lowest BCUT2D eigenvalue weighted by Gasteiger charge is -2.13. The number of hydrogen-bond donors (Lipinski definition) is 0. The first kappa shape index (κ1) is 14.0. The highest BCUT2D eigenvalue weighted by molar-refractivity contribution is 14.1. The average Bonchev–Trinajstić information content (AvgIpc) is 2.20. The summed E-state index contributed by atoms with van der Waals surface area (Å²) in [6.45, 7) is 1.32. The largest absolute Gasteiger partial charge is 0.573 e. The minimum atomic E-state index is -4.79. The summed E-state index contributed by atoms with van der Waals surface area (Å²) in [6.07, 6.45) is -4.79. The van der Waals surface area contributed by atoms with Crippen molar-refractivity contribution >= 4 is 28.6 Å². The van der Waals surface area contributed by atoms with E-state index < -0.39 is 18.1 Å². The number of carbonyl (C=O) groups is 1. The van der Waals surface area contributed by atoms with Crippen molar-refractivity contribution in [3.05, 3.63) is 21.0 Å². The summed E-state index contributed by atoms with van der Waals surface area (Å²) in [5, 5.41) is 0. The van der Waals surface area contributed by atoms with E-state index in [9.17, 15) is 18.0 Å². The lowest BCUT2D eigenvalue weighted by atomic mass is 10.3. The van der Waals surface area contributed by atoms with Crippen LogP contribution in [0.5, 0.6) is 5.75 Å². The van der Waals surface area contributed by atoms with Crippen LogP contribution in [0, 0.1) is 10.5 Å². The SMILES string of the molecule is COC(=O)c1cc(I)c(OC(F)(F)F)c(C)n1. The monoisotopic (exact) mass is 361 g/mol. The van der Waals surface area contributed by atoms with Gasteiger partial charge in [0, 0.05) is 0 Å². The predicted octanol–water partition coefficient (Wildman–Crippen LogP) is 2.68. The molecule has 0 bridgehead atoms. The molecule has 0 N–H and O–H groups in total. The highest BCUT2D eigenvalue weighted by atomic mass is 127. The number of halogens is 4. The Morgan fingerprint density at radius 1 is 1.47 bits per heavy atom. The van der Waals surface area contributed by atoms with Crippen LogP contribution in [0.4, 0.5) is 13.2 Å². The molecule has 8 heteroatoms. The predicted molar refractivity (Wildman–Crippen MR) is 59.7 cm³/mol. The average molecular weight is 361 g/mol. The van der Waals surface area contributed by atoms with Crippen LogP contribution in [0.15, 0.2) is 6.07 Å². The van der Waals surface area contributed by atoms with Gasteiger partial charge in [0.05, 0.1) is 16.4 Å². The fourth-order valence-corrected chi connectivity index (χ4v) is 1.86. The first-order chi connectivity index (χ1) is 7.74. The molecule has 0 fully saturated rings. The minimum Gasteiger partial charge on any atom is -0.464 e. The lowest BCUT2D eigenvalue weighted by Crippen LogP contribution is -2.19. The molecule has 1 heterocycles. The molecule has 0 aliphatic heterocycles. The molecule has 0 aliphatic carbocycles. The second kappa shape index (κ2) is 5.07. The van der Waals surface area contributed by atoms with E-state index >= 15 is 0 Å². The maximum Gasteiger partial charge on any atom is 0.573 e. The molecule has 0 saturated heterocycles. The van der Waals surface area contributed by atoms with Crippen LogP contribution >= 0.6 is 22.6 Å². The number of carbonyl (C=O) groups excluding carboxylic acids is 1. The number of nitrogens with zero attached hydrogens (tertiary/aromatic N) is 1. The lowest BCUT2D eigenvalue weighted by molar-refractivity contribution is -0.275. The van der Waals surface area contributed by atoms with Gasteiger partial charge in [0.15, 0.2) is 5.75 Å². The van der Waals surface area contributed by atoms with Crippen molar-refractivity contribution in [1.82, 2.24) is 4.98 Å². The highest BCUT2D eigenvalue weighted by Gasteiger charge is 2.33. The summed E-state index contributed by atoms with van der Waals surface area (Å²) in [7, 11) is 1.16. The zero-order chi connectivity index (χ0) is 13.2. The molecule has 1 aromatic rings. The van der Waals surface area contributed by atoms with E-state index in [4.69, 9.17) is 0 Å². The van der Waals surface area contributed by atoms with E-state index in [0.29, 0.717) is 0 Å². The van der Waals surface area contributed by atoms with Gasteiger partial charge >= 0.3 is 12.3 Å². The van der Waals surface area contributed by atoms with Crippen LogP contribution < -0.4 is 4.74 Å². The smallest absolute Gasteiger partial charge is 0.464 e. The van der Waals surface area contributed by atoms with E-state index in [1.807, 2.05) is 0 Å². The molecular formula is C9H7F3INO3. The van der Waals surface area contributed by atoms with Crippen LogP contribution in [0.2, 0.25) is 0 Å². The molecule has 1 rings (SSSR count). The van der Waals surface area contributed by atoms with Crippen molar-refractivity contribution < 1.29 is 27.4 Å². The Morgan fingerprint density at radius 3 is 2.47 bits per heavy atom. The first-order valence-electron chi connectivity index (χ1n) is 4.26. The zero-order valence-electron chi connectivity index (χ0n) is 8.76. The molecule has 0 radical (unpaired) electrons. The maximum absolute atomic E-state index is 12.1. The van der Waals surface area contributed by atoms with E-state index in [2.05, 4.69) is 14.5 Å². The number of hydrogen-bond acceptors (Lipinski definition) is 4. The molecule has 4 nitrogen and oxygen atoms in total. The molecule has 0 aromatic carbocycles. The van der Waals surface area contributed by atoms with Crippen LogP contribution in [-0.4, -0.2) is 24.4 Å². The second-order valence-corrected chi connectivity index (χ2v) is 4.11. The number of aromatic nitrogens is 1. The van der Waals surface area contributed by atoms with Gasteiger partial charge < -0.3 is 9.47 Å². The van der Waals surface area contributed by atoms with Crippen molar-refractivity contribution in [2.45, 2.75) is 13.3 Å². The Kier molecular flexibility index (Phi) is 4.17. The van der Waals surface area contributed by atoms with Crippen molar-refractivity contribution in [3.8, 4) is 5.75 Å². The fraction of sp³-hybridized carbons (Fsp3) is 0.333. The molecule has 0 aliphatic rings. The van der Waals surface area contributed by atoms with Crippen LogP contribution in [0.1, 0.15) is 16.2 Å². The number of rotatable bonds is 2. The molecule has 1 aromatic heterocycles. The minimum absolute atomic E-state index is 0.0328. The number of alkyl halides is 3. The summed E-state index contributed by atoms with van der Waals surface area (Å²) in [5.74, 6) is -1.13. The van der Waals surface area contributed by atoms with Crippen LogP contribution in [0.3, 0.4) is 0 Å². The molecule has 94 valence electrons. The molecule has 0 amide bonds. The first-order valence-corrected chi connectivity index (χ1v) is 5.33. The van der Waals surface area contributed by atoms with Gasteiger partial charge in [-0.2, -0.15) is 0 Å². The van der Waals surface area contributed by atoms with E-state index in [1.165, 1.54) is 13.0 Å². The standard InChI is InChI=1S/C9H7F3INO3/c1-4-7(17-9(10,11)12)5(13)3-6(14-4)8(15)16-2/h3H,1-2H3. The van der Waals surface area contributed by atoms with Crippen LogP contribution in [-0.2, 0) is 4.74 Å². The Morgan fingerprint density at radius 2 is 2.06 bits per heavy atom. The van der Waals surface area contributed by atoms with Gasteiger partial charge in [-0.1, -0.05) is 0 Å². The topological polar surface area (TPSA) is 48.4 Å². The van der Waals surface area contributed by atoms with Gasteiger partial charge in [0.2, 0.25) is 0 Å². The van der Waals surface area contributed by atoms with Gasteiger partial charge in [-0.3, -0.25) is 0 Å². The number of pyridine rings is 1. The number of ether oxygens (including phenoxy) is 2. The quantitative estimate of drug-likeness (QED) is 0.601. The molecular weight excluding hydrogens is 354 g/mol. The second-order valence-electron chi connectivity index (χ2n) is 2.94. The van der Waals surface area contributed by atoms with Gasteiger partial charge in [0.1, 0.15) is 5.69 Å². The molecule has 0 atom stereocenters. The Labute approximate surface area is 108 Å². The summed E-state index contributed by atoms with van der Waals surface area (Å²) in [4.78, 5) is 14.8. The molecule has 0 spiro atoms. The number of aryl methyl sites for hydroxylation is 1. The Bertz CT molecular complexity index is 425. The highest BCUT2D eigenvalue weighted by Crippen LogP contribution is 2.30. The third-order valence-electron chi connectivity index (χ3n) is 1.71. The summed E-state index contributed by atoms with van der Waals surface area (Å²) in [5.41, 5.74) is -0.0986. The fourth-order valence-electron chi connectivity index (χ4n) is 1.07. The van der Waals surface area contributed by atoms with Gasteiger partial charge in [-0.15, -0.1) is 13.2 Å². The Hall–Kier alpha value is -1.06. The van der Waals surface area contributed by atoms with E-state index in [0.717, 1.165) is 7.11 Å². The van der Waals surface area contributed by atoms with E-state index in [1.54, 1.807) is 22.6 Å². The Balaban J connectivity index is 3.15. The van der Waals surface area contributed by atoms with Gasteiger partial charge in [-0.05, 0) is 35.6 Å². The molecule has 0 unspecified atom stereocenters. The van der Waals surface area contributed by atoms with Crippen molar-refractivity contribution in [2.75, 3.05) is 7.11 Å². The normalized spacial score (nSPS) is 11.2. The van der Waals surface area contributed by atoms with Gasteiger partial charge in [0.25, 0.3) is 0 Å². The number of methoxy groups -OCH3 is 1. The summed E-state index contributed by atoms with van der Waals surface area (Å²) >= 11 is 1.63. The van der Waals surface area contributed by atoms with Crippen molar-refractivity contribution in [3.63, 3.8) is 0 Å². The van der Waals surface area contributed by atoms with Crippen LogP contribution in [0.25, 0.3) is 0 Å². The number of esters is 1. The van der Waals surface area contributed by atoms with E-state index in [-0.39, 0.29) is 15.0 Å². The van der Waals surface area contributed by atoms with Gasteiger partial charge in [-0.25, -0.2) is 9.78 Å². The third kappa shape index (κ3) is 3.72. The van der Waals surface area contributed by atoms with Crippen molar-refractivity contribution in [2.24, 2.45) is 0 Å². The molecule has 0 saturated carbocycles. The van der Waals surface area contributed by atoms with Crippen molar-refractivity contribution in [1.29, 1.82) is 0 Å². The third-order valence-corrected chi connectivity index (χ3v) is 2.51. The summed E-state index contributed by atoms with van der Waals surface area (Å²) < 4.78 is 44.6. The zero-order valence-corrected chi connectivity index (χ0v) is 10.9.